The highest BCUT2D eigenvalue weighted by Crippen LogP contribution is 2.22. The smallest absolute Gasteiger partial charge is 0.243 e. The van der Waals surface area contributed by atoms with Gasteiger partial charge in [-0.2, -0.15) is 0 Å². The molecule has 2 aromatic rings. The van der Waals surface area contributed by atoms with Gasteiger partial charge in [0.05, 0.1) is 6.10 Å². The molecule has 0 bridgehead atoms. The monoisotopic (exact) mass is 496 g/mol. The van der Waals surface area contributed by atoms with E-state index in [1.54, 1.807) is 6.92 Å². The molecule has 3 rings (SSSR count). The molecule has 0 aromatic heterocycles. The molecular formula is C28H40N4O4. The summed E-state index contributed by atoms with van der Waals surface area (Å²) in [6.07, 6.45) is 6.10. The van der Waals surface area contributed by atoms with Crippen LogP contribution in [0, 0.1) is 0 Å². The molecule has 0 radical (unpaired) electrons. The summed E-state index contributed by atoms with van der Waals surface area (Å²) in [5.74, 6) is -0.678. The molecular weight excluding hydrogens is 456 g/mol. The first-order valence-corrected chi connectivity index (χ1v) is 13.1. The number of carbonyl (C=O) groups is 3. The van der Waals surface area contributed by atoms with Crippen LogP contribution in [-0.4, -0.2) is 65.5 Å². The number of amides is 3. The Balaban J connectivity index is 1.66. The zero-order valence-electron chi connectivity index (χ0n) is 21.2. The minimum absolute atomic E-state index is 0.0131. The first-order valence-electron chi connectivity index (χ1n) is 13.1. The topological polar surface area (TPSA) is 125 Å². The highest BCUT2D eigenvalue weighted by atomic mass is 16.3. The van der Waals surface area contributed by atoms with Gasteiger partial charge in [-0.15, -0.1) is 0 Å². The SMILES string of the molecule is CC(=O)N(CCC(=O)NC(Cc1ccc2ccccc2c1)C(=O)NCC(O)CN)C1CCCCCC1. The van der Waals surface area contributed by atoms with Crippen molar-refractivity contribution in [1.29, 1.82) is 0 Å². The van der Waals surface area contributed by atoms with Gasteiger partial charge >= 0.3 is 0 Å². The molecule has 2 atom stereocenters. The molecule has 2 aromatic carbocycles. The first kappa shape index (κ1) is 27.6. The second kappa shape index (κ2) is 13.9. The number of rotatable bonds is 11. The molecule has 8 nitrogen and oxygen atoms in total. The number of fused-ring (bicyclic) bond motifs is 1. The van der Waals surface area contributed by atoms with Crippen molar-refractivity contribution in [2.75, 3.05) is 19.6 Å². The van der Waals surface area contributed by atoms with E-state index in [-0.39, 0.29) is 43.3 Å². The predicted molar refractivity (Wildman–Crippen MR) is 141 cm³/mol. The fourth-order valence-corrected chi connectivity index (χ4v) is 4.89. The molecule has 3 amide bonds. The Labute approximate surface area is 213 Å². The van der Waals surface area contributed by atoms with Crippen molar-refractivity contribution in [2.24, 2.45) is 5.73 Å². The van der Waals surface area contributed by atoms with Gasteiger partial charge in [0.2, 0.25) is 17.7 Å². The van der Waals surface area contributed by atoms with Gasteiger partial charge in [-0.25, -0.2) is 0 Å². The van der Waals surface area contributed by atoms with Crippen LogP contribution in [0.2, 0.25) is 0 Å². The normalized spacial score (nSPS) is 16.1. The molecule has 196 valence electrons. The highest BCUT2D eigenvalue weighted by Gasteiger charge is 2.25. The number of aliphatic hydroxyl groups excluding tert-OH is 1. The lowest BCUT2D eigenvalue weighted by Crippen LogP contribution is -2.50. The fourth-order valence-electron chi connectivity index (χ4n) is 4.89. The van der Waals surface area contributed by atoms with Gasteiger partial charge < -0.3 is 26.4 Å². The molecule has 1 saturated carbocycles. The van der Waals surface area contributed by atoms with Crippen LogP contribution in [0.1, 0.15) is 57.4 Å². The summed E-state index contributed by atoms with van der Waals surface area (Å²) < 4.78 is 0. The van der Waals surface area contributed by atoms with Crippen molar-refractivity contribution in [3.63, 3.8) is 0 Å². The molecule has 1 aliphatic rings. The third-order valence-corrected chi connectivity index (χ3v) is 6.94. The summed E-state index contributed by atoms with van der Waals surface area (Å²) >= 11 is 0. The van der Waals surface area contributed by atoms with Gasteiger partial charge in [-0.05, 0) is 29.2 Å². The van der Waals surface area contributed by atoms with E-state index in [0.717, 1.165) is 42.0 Å². The van der Waals surface area contributed by atoms with E-state index in [0.29, 0.717) is 13.0 Å². The molecule has 1 fully saturated rings. The van der Waals surface area contributed by atoms with Crippen LogP contribution in [0.5, 0.6) is 0 Å². The Hall–Kier alpha value is -2.97. The average molecular weight is 497 g/mol. The molecule has 0 saturated heterocycles. The van der Waals surface area contributed by atoms with Crippen molar-refractivity contribution in [3.05, 3.63) is 48.0 Å². The van der Waals surface area contributed by atoms with E-state index in [1.165, 1.54) is 12.8 Å². The lowest BCUT2D eigenvalue weighted by Gasteiger charge is -2.30. The molecule has 36 heavy (non-hydrogen) atoms. The number of nitrogens with zero attached hydrogens (tertiary/aromatic N) is 1. The summed E-state index contributed by atoms with van der Waals surface area (Å²) in [6, 6.07) is 13.3. The zero-order chi connectivity index (χ0) is 25.9. The Bertz CT molecular complexity index is 1020. The minimum atomic E-state index is -0.852. The number of nitrogens with two attached hydrogens (primary N) is 1. The highest BCUT2D eigenvalue weighted by molar-refractivity contribution is 5.88. The average Bonchev–Trinajstić information content (AvgIpc) is 3.16. The number of hydrogen-bond acceptors (Lipinski definition) is 5. The Morgan fingerprint density at radius 2 is 1.75 bits per heavy atom. The lowest BCUT2D eigenvalue weighted by atomic mass is 10.0. The van der Waals surface area contributed by atoms with E-state index in [2.05, 4.69) is 10.6 Å². The third-order valence-electron chi connectivity index (χ3n) is 6.94. The molecule has 0 spiro atoms. The van der Waals surface area contributed by atoms with Crippen molar-refractivity contribution in [2.45, 2.75) is 76.5 Å². The largest absolute Gasteiger partial charge is 0.390 e. The summed E-state index contributed by atoms with van der Waals surface area (Å²) in [5, 5.41) is 17.5. The molecule has 0 aliphatic heterocycles. The van der Waals surface area contributed by atoms with E-state index in [9.17, 15) is 19.5 Å². The molecule has 0 heterocycles. The fraction of sp³-hybridized carbons (Fsp3) is 0.536. The van der Waals surface area contributed by atoms with Crippen molar-refractivity contribution < 1.29 is 19.5 Å². The maximum atomic E-state index is 13.0. The van der Waals surface area contributed by atoms with Gasteiger partial charge in [0.1, 0.15) is 6.04 Å². The van der Waals surface area contributed by atoms with Crippen LogP contribution in [-0.2, 0) is 20.8 Å². The lowest BCUT2D eigenvalue weighted by molar-refractivity contribution is -0.133. The number of nitrogens with one attached hydrogen (secondary N) is 2. The van der Waals surface area contributed by atoms with Gasteiger partial charge in [0.25, 0.3) is 0 Å². The second-order valence-corrected chi connectivity index (χ2v) is 9.75. The molecule has 2 unspecified atom stereocenters. The summed E-state index contributed by atoms with van der Waals surface area (Å²) in [5.41, 5.74) is 6.37. The quantitative estimate of drug-likeness (QED) is 0.355. The predicted octanol–water partition coefficient (Wildman–Crippen LogP) is 2.26. The summed E-state index contributed by atoms with van der Waals surface area (Å²) in [6.45, 7) is 1.94. The van der Waals surface area contributed by atoms with Crippen molar-refractivity contribution in [3.8, 4) is 0 Å². The third kappa shape index (κ3) is 8.31. The standard InChI is InChI=1S/C28H40N4O4/c1-20(33)32(24-10-4-2-3-5-11-24)15-14-27(35)31-26(28(36)30-19-25(34)18-29)17-21-12-13-22-8-6-7-9-23(22)16-21/h6-9,12-13,16,24-26,34H,2-5,10-11,14-15,17-19,29H2,1H3,(H,30,36)(H,31,35). The van der Waals surface area contributed by atoms with Crippen LogP contribution < -0.4 is 16.4 Å². The number of benzene rings is 2. The molecule has 1 aliphatic carbocycles. The van der Waals surface area contributed by atoms with Crippen LogP contribution in [0.25, 0.3) is 10.8 Å². The van der Waals surface area contributed by atoms with E-state index < -0.39 is 12.1 Å². The second-order valence-electron chi connectivity index (χ2n) is 9.75. The maximum absolute atomic E-state index is 13.0. The minimum Gasteiger partial charge on any atom is -0.390 e. The first-order chi connectivity index (χ1) is 17.4. The van der Waals surface area contributed by atoms with Crippen molar-refractivity contribution >= 4 is 28.5 Å². The zero-order valence-corrected chi connectivity index (χ0v) is 21.2. The molecule has 8 heteroatoms. The maximum Gasteiger partial charge on any atom is 0.243 e. The van der Waals surface area contributed by atoms with Crippen molar-refractivity contribution in [1.82, 2.24) is 15.5 Å². The van der Waals surface area contributed by atoms with Gasteiger partial charge in [0, 0.05) is 45.4 Å². The van der Waals surface area contributed by atoms with Crippen LogP contribution in [0.15, 0.2) is 42.5 Å². The Morgan fingerprint density at radius 3 is 2.42 bits per heavy atom. The van der Waals surface area contributed by atoms with E-state index >= 15 is 0 Å². The summed E-state index contributed by atoms with van der Waals surface area (Å²) in [4.78, 5) is 40.0. The van der Waals surface area contributed by atoms with Gasteiger partial charge in [0.15, 0.2) is 0 Å². The van der Waals surface area contributed by atoms with Gasteiger partial charge in [-0.1, -0.05) is 68.1 Å². The molecule has 5 N–H and O–H groups in total. The Kier molecular flexibility index (Phi) is 10.7. The van der Waals surface area contributed by atoms with Crippen LogP contribution >= 0.6 is 0 Å². The number of aliphatic hydroxyl groups is 1. The van der Waals surface area contributed by atoms with E-state index in [4.69, 9.17) is 5.73 Å². The van der Waals surface area contributed by atoms with Gasteiger partial charge in [-0.3, -0.25) is 14.4 Å². The summed E-state index contributed by atoms with van der Waals surface area (Å²) in [7, 11) is 0. The van der Waals surface area contributed by atoms with E-state index in [1.807, 2.05) is 47.4 Å². The number of carbonyl (C=O) groups excluding carboxylic acids is 3. The van der Waals surface area contributed by atoms with Crippen LogP contribution in [0.3, 0.4) is 0 Å². The number of hydrogen-bond donors (Lipinski definition) is 4. The Morgan fingerprint density at radius 1 is 1.06 bits per heavy atom. The van der Waals surface area contributed by atoms with Crippen LogP contribution in [0.4, 0.5) is 0 Å².